The summed E-state index contributed by atoms with van der Waals surface area (Å²) in [6.07, 6.45) is 4.95. The third-order valence-corrected chi connectivity index (χ3v) is 10.9. The molecular weight excluding hydrogens is 743 g/mol. The summed E-state index contributed by atoms with van der Waals surface area (Å²) in [6, 6.07) is 14.4. The lowest BCUT2D eigenvalue weighted by Crippen LogP contribution is -2.62. The normalized spacial score (nSPS) is 18.4. The molecule has 6 rings (SSSR count). The minimum atomic E-state index is -0.590. The van der Waals surface area contributed by atoms with Gasteiger partial charge in [0.05, 0.1) is 4.92 Å². The number of carbonyl (C=O) groups excluding carboxylic acids is 4. The number of nitro benzene ring substituents is 1. The van der Waals surface area contributed by atoms with Crippen LogP contribution in [0, 0.1) is 24.0 Å². The van der Waals surface area contributed by atoms with Gasteiger partial charge >= 0.3 is 0 Å². The zero-order valence-corrected chi connectivity index (χ0v) is 37.2. The SMILES string of the molecule is C=CN(C=O)C1CCC(=O)NC1=O.C=O.CC.CC.CC.CC.Cc1cccc(N2CC(N3CCC(N4CCN(Sc5ccc([N+](=O)[O-])cc5)CC4)CC3)C2)c1C. The van der Waals surface area contributed by atoms with Crippen molar-refractivity contribution in [3.05, 3.63) is 76.5 Å². The van der Waals surface area contributed by atoms with E-state index >= 15 is 0 Å². The molecule has 4 fully saturated rings. The number of hydrogen-bond donors (Lipinski definition) is 1. The van der Waals surface area contributed by atoms with Gasteiger partial charge in [-0.25, -0.2) is 4.31 Å². The standard InChI is InChI=1S/C26H35N5O2S.C8H10N2O3.4C2H6.CH2O/c1-20-4-3-5-26(21(20)2)29-18-24(19-29)27-12-10-22(11-13-27)28-14-16-30(17-15-28)34-25-8-6-23(7-9-25)31(32)33;1-2-10(5-11)6-3-4-7(12)9-8(6)13;5*1-2/h3-9,22,24H,10-19H2,1-2H3;2,5-6H,1,3-4H2,(H,9,12,13);4*1-2H3;1H2. The number of nitrogens with one attached hydrogen (secondary N) is 1. The molecule has 4 aliphatic rings. The van der Waals surface area contributed by atoms with Gasteiger partial charge in [-0.15, -0.1) is 0 Å². The van der Waals surface area contributed by atoms with E-state index in [-0.39, 0.29) is 22.9 Å². The van der Waals surface area contributed by atoms with Crippen LogP contribution in [0.5, 0.6) is 0 Å². The fourth-order valence-corrected chi connectivity index (χ4v) is 7.63. The molecule has 4 heterocycles. The number of aryl methyl sites for hydroxylation is 1. The van der Waals surface area contributed by atoms with Crippen LogP contribution in [0.1, 0.15) is 92.2 Å². The second kappa shape index (κ2) is 30.0. The van der Waals surface area contributed by atoms with Gasteiger partial charge in [-0.2, -0.15) is 0 Å². The molecule has 0 saturated carbocycles. The topological polar surface area (TPSA) is 140 Å². The molecule has 0 spiro atoms. The van der Waals surface area contributed by atoms with Crippen molar-refractivity contribution in [2.24, 2.45) is 0 Å². The Morgan fingerprint density at radius 2 is 1.35 bits per heavy atom. The van der Waals surface area contributed by atoms with E-state index in [1.165, 1.54) is 48.9 Å². The molecule has 4 aliphatic heterocycles. The molecule has 0 radical (unpaired) electrons. The maximum atomic E-state index is 11.2. The number of anilines is 1. The fraction of sp³-hybridized carbons (Fsp3) is 0.581. The number of nitrogens with zero attached hydrogens (tertiary/aromatic N) is 6. The van der Waals surface area contributed by atoms with Crippen molar-refractivity contribution in [2.45, 2.75) is 118 Å². The summed E-state index contributed by atoms with van der Waals surface area (Å²) in [5.74, 6) is -0.737. The largest absolute Gasteiger partial charge is 0.368 e. The van der Waals surface area contributed by atoms with Crippen molar-refractivity contribution in [3.63, 3.8) is 0 Å². The van der Waals surface area contributed by atoms with Crippen LogP contribution in [0.2, 0.25) is 0 Å². The van der Waals surface area contributed by atoms with Crippen LogP contribution in [-0.4, -0.2) is 119 Å². The second-order valence-electron chi connectivity index (χ2n) is 12.6. The van der Waals surface area contributed by atoms with E-state index in [9.17, 15) is 24.5 Å². The van der Waals surface area contributed by atoms with Crippen molar-refractivity contribution >= 4 is 48.3 Å². The van der Waals surface area contributed by atoms with E-state index in [2.05, 4.69) is 62.9 Å². The molecule has 57 heavy (non-hydrogen) atoms. The second-order valence-corrected chi connectivity index (χ2v) is 13.7. The van der Waals surface area contributed by atoms with Crippen LogP contribution < -0.4 is 10.2 Å². The molecule has 4 saturated heterocycles. The average molecular weight is 814 g/mol. The molecule has 1 N–H and O–H groups in total. The number of imide groups is 1. The smallest absolute Gasteiger partial charge is 0.269 e. The Bertz CT molecular complexity index is 1450. The first-order valence-corrected chi connectivity index (χ1v) is 21.4. The van der Waals surface area contributed by atoms with Crippen molar-refractivity contribution < 1.29 is 24.1 Å². The zero-order chi connectivity index (χ0) is 43.5. The van der Waals surface area contributed by atoms with Crippen molar-refractivity contribution in [1.29, 1.82) is 0 Å². The summed E-state index contributed by atoms with van der Waals surface area (Å²) in [7, 11) is 0. The maximum Gasteiger partial charge on any atom is 0.269 e. The van der Waals surface area contributed by atoms with E-state index in [4.69, 9.17) is 4.79 Å². The first kappa shape index (κ1) is 52.9. The van der Waals surface area contributed by atoms with E-state index < -0.39 is 11.9 Å². The van der Waals surface area contributed by atoms with Crippen LogP contribution >= 0.6 is 11.9 Å². The Balaban J connectivity index is 0.00000114. The third-order valence-electron chi connectivity index (χ3n) is 9.77. The number of nitro groups is 1. The van der Waals surface area contributed by atoms with Gasteiger partial charge in [0.2, 0.25) is 18.2 Å². The Kier molecular flexibility index (Phi) is 27.9. The highest BCUT2D eigenvalue weighted by atomic mass is 32.2. The Morgan fingerprint density at radius 1 is 0.807 bits per heavy atom. The van der Waals surface area contributed by atoms with Gasteiger partial charge in [0.15, 0.2) is 0 Å². The molecule has 13 nitrogen and oxygen atoms in total. The molecule has 1 atom stereocenters. The predicted octanol–water partition coefficient (Wildman–Crippen LogP) is 7.50. The number of carbonyl (C=O) groups is 4. The Labute approximate surface area is 347 Å². The summed E-state index contributed by atoms with van der Waals surface area (Å²) in [5, 5.41) is 13.0. The molecule has 3 amide bonds. The predicted molar refractivity (Wildman–Crippen MR) is 235 cm³/mol. The molecule has 14 heteroatoms. The number of likely N-dealkylation sites (tertiary alicyclic amines) is 1. The maximum absolute atomic E-state index is 11.2. The lowest BCUT2D eigenvalue weighted by molar-refractivity contribution is -0.384. The van der Waals surface area contributed by atoms with Gasteiger partial charge < -0.3 is 14.6 Å². The van der Waals surface area contributed by atoms with Gasteiger partial charge in [-0.05, 0) is 74.4 Å². The first-order valence-electron chi connectivity index (χ1n) is 20.6. The molecule has 1 unspecified atom stereocenters. The van der Waals surface area contributed by atoms with E-state index in [1.807, 2.05) is 74.3 Å². The van der Waals surface area contributed by atoms with Crippen molar-refractivity contribution in [2.75, 3.05) is 57.3 Å². The van der Waals surface area contributed by atoms with E-state index in [0.29, 0.717) is 24.9 Å². The molecule has 0 aromatic heterocycles. The van der Waals surface area contributed by atoms with Crippen molar-refractivity contribution in [1.82, 2.24) is 24.3 Å². The summed E-state index contributed by atoms with van der Waals surface area (Å²) in [6.45, 7) is 34.9. The van der Waals surface area contributed by atoms with Gasteiger partial charge in [-0.1, -0.05) is 74.1 Å². The van der Waals surface area contributed by atoms with Crippen LogP contribution in [0.25, 0.3) is 0 Å². The molecule has 0 aliphatic carbocycles. The molecule has 0 bridgehead atoms. The van der Waals surface area contributed by atoms with E-state index in [0.717, 1.165) is 49.1 Å². The first-order chi connectivity index (χ1) is 27.7. The highest BCUT2D eigenvalue weighted by molar-refractivity contribution is 7.97. The number of rotatable bonds is 9. The van der Waals surface area contributed by atoms with Gasteiger partial charge in [0, 0.05) is 99.8 Å². The minimum Gasteiger partial charge on any atom is -0.368 e. The number of piperazine rings is 1. The summed E-state index contributed by atoms with van der Waals surface area (Å²) in [5.41, 5.74) is 4.37. The highest BCUT2D eigenvalue weighted by Crippen LogP contribution is 2.31. The number of piperidine rings is 2. The lowest BCUT2D eigenvalue weighted by atomic mass is 9.96. The van der Waals surface area contributed by atoms with Crippen LogP contribution in [0.3, 0.4) is 0 Å². The van der Waals surface area contributed by atoms with Gasteiger partial charge in [-0.3, -0.25) is 39.6 Å². The van der Waals surface area contributed by atoms with E-state index in [1.54, 1.807) is 24.1 Å². The molecule has 2 aromatic rings. The third kappa shape index (κ3) is 16.3. The van der Waals surface area contributed by atoms with Crippen LogP contribution in [0.4, 0.5) is 11.4 Å². The molecule has 2 aromatic carbocycles. The average Bonchev–Trinajstić information content (AvgIpc) is 3.25. The Morgan fingerprint density at radius 3 is 1.84 bits per heavy atom. The van der Waals surface area contributed by atoms with Crippen LogP contribution in [-0.2, 0) is 19.2 Å². The fourth-order valence-electron chi connectivity index (χ4n) is 6.73. The number of hydrogen-bond acceptors (Lipinski definition) is 11. The quantitative estimate of drug-likeness (QED) is 0.0885. The number of amides is 3. The van der Waals surface area contributed by atoms with Crippen molar-refractivity contribution in [3.8, 4) is 0 Å². The molecule has 320 valence electrons. The molecular formula is C43H71N7O6S. The monoisotopic (exact) mass is 814 g/mol. The number of benzene rings is 2. The summed E-state index contributed by atoms with van der Waals surface area (Å²) >= 11 is 1.72. The summed E-state index contributed by atoms with van der Waals surface area (Å²) in [4.78, 5) is 61.1. The van der Waals surface area contributed by atoms with Gasteiger partial charge in [0.1, 0.15) is 12.8 Å². The highest BCUT2D eigenvalue weighted by Gasteiger charge is 2.36. The zero-order valence-electron chi connectivity index (χ0n) is 36.4. The van der Waals surface area contributed by atoms with Gasteiger partial charge in [0.25, 0.3) is 5.69 Å². The lowest BCUT2D eigenvalue weighted by Gasteiger charge is -2.50. The minimum absolute atomic E-state index is 0.153. The number of non-ortho nitro benzene ring substituents is 1. The summed E-state index contributed by atoms with van der Waals surface area (Å²) < 4.78 is 2.39. The van der Waals surface area contributed by atoms with Crippen LogP contribution in [0.15, 0.2) is 60.1 Å². The Hall–Kier alpha value is -4.11.